The second-order valence-electron chi connectivity index (χ2n) is 3.22. The van der Waals surface area contributed by atoms with Gasteiger partial charge < -0.3 is 9.64 Å². The predicted molar refractivity (Wildman–Crippen MR) is 59.2 cm³/mol. The van der Waals surface area contributed by atoms with Gasteiger partial charge in [0, 0.05) is 18.4 Å². The molecule has 1 rings (SSSR count). The molecule has 1 aliphatic rings. The van der Waals surface area contributed by atoms with Gasteiger partial charge >= 0.3 is 0 Å². The zero-order valence-corrected chi connectivity index (χ0v) is 9.63. The molecule has 1 heterocycles. The highest BCUT2D eigenvalue weighted by molar-refractivity contribution is 9.09. The molecular weight excluding hydrogens is 230 g/mol. The minimum Gasteiger partial charge on any atom is -0.378 e. The highest BCUT2D eigenvalue weighted by atomic mass is 79.9. The number of hydrogen-bond donors (Lipinski definition) is 0. The third kappa shape index (κ3) is 5.32. The van der Waals surface area contributed by atoms with Crippen LogP contribution in [0, 0.1) is 0 Å². The van der Waals surface area contributed by atoms with Crippen molar-refractivity contribution in [1.29, 1.82) is 0 Å². The molecule has 0 aromatic rings. The van der Waals surface area contributed by atoms with Crippen LogP contribution in [-0.4, -0.2) is 36.5 Å². The van der Waals surface area contributed by atoms with E-state index < -0.39 is 0 Å². The summed E-state index contributed by atoms with van der Waals surface area (Å²) in [5.74, 6) is 0. The zero-order chi connectivity index (χ0) is 9.36. The van der Waals surface area contributed by atoms with Crippen molar-refractivity contribution in [3.63, 3.8) is 0 Å². The Hall–Kier alpha value is -0.0200. The Morgan fingerprint density at radius 2 is 2.00 bits per heavy atom. The summed E-state index contributed by atoms with van der Waals surface area (Å²) in [7, 11) is 0. The standard InChI is InChI=1S/C10H18BrNO/c11-5-3-1-2-4-6-12-7-9-13-10-8-12/h4,6H,1-3,5,7-10H2/b6-4+. The summed E-state index contributed by atoms with van der Waals surface area (Å²) in [6.07, 6.45) is 8.24. The summed E-state index contributed by atoms with van der Waals surface area (Å²) in [5, 5.41) is 1.12. The van der Waals surface area contributed by atoms with Crippen LogP contribution >= 0.6 is 15.9 Å². The van der Waals surface area contributed by atoms with E-state index in [1.54, 1.807) is 0 Å². The maximum Gasteiger partial charge on any atom is 0.0642 e. The molecule has 13 heavy (non-hydrogen) atoms. The molecule has 1 saturated heterocycles. The van der Waals surface area contributed by atoms with Gasteiger partial charge in [0.15, 0.2) is 0 Å². The van der Waals surface area contributed by atoms with Crippen LogP contribution < -0.4 is 0 Å². The molecule has 76 valence electrons. The quantitative estimate of drug-likeness (QED) is 0.547. The van der Waals surface area contributed by atoms with Crippen LogP contribution in [0.4, 0.5) is 0 Å². The van der Waals surface area contributed by atoms with Crippen molar-refractivity contribution >= 4 is 15.9 Å². The number of alkyl halides is 1. The number of allylic oxidation sites excluding steroid dienone is 1. The van der Waals surface area contributed by atoms with Gasteiger partial charge in [-0.3, -0.25) is 0 Å². The van der Waals surface area contributed by atoms with Gasteiger partial charge in [0.05, 0.1) is 13.2 Å². The van der Waals surface area contributed by atoms with E-state index in [1.165, 1.54) is 19.3 Å². The number of nitrogens with zero attached hydrogens (tertiary/aromatic N) is 1. The number of halogens is 1. The fourth-order valence-corrected chi connectivity index (χ4v) is 1.70. The van der Waals surface area contributed by atoms with Crippen molar-refractivity contribution in [3.05, 3.63) is 12.3 Å². The molecule has 0 aromatic heterocycles. The third-order valence-corrected chi connectivity index (χ3v) is 2.68. The van der Waals surface area contributed by atoms with Crippen molar-refractivity contribution in [3.8, 4) is 0 Å². The molecule has 0 radical (unpaired) electrons. The molecule has 0 saturated carbocycles. The lowest BCUT2D eigenvalue weighted by Gasteiger charge is -2.24. The highest BCUT2D eigenvalue weighted by Crippen LogP contribution is 2.02. The molecule has 1 aliphatic heterocycles. The topological polar surface area (TPSA) is 12.5 Å². The first kappa shape index (κ1) is 11.1. The van der Waals surface area contributed by atoms with Crippen molar-refractivity contribution in [2.75, 3.05) is 31.6 Å². The van der Waals surface area contributed by atoms with Crippen molar-refractivity contribution in [2.45, 2.75) is 19.3 Å². The Labute approximate surface area is 89.1 Å². The number of morpholine rings is 1. The molecule has 0 N–H and O–H groups in total. The minimum absolute atomic E-state index is 0.881. The molecule has 0 bridgehead atoms. The first-order valence-electron chi connectivity index (χ1n) is 4.98. The van der Waals surface area contributed by atoms with Crippen LogP contribution in [0.1, 0.15) is 19.3 Å². The van der Waals surface area contributed by atoms with E-state index in [0.717, 1.165) is 31.6 Å². The van der Waals surface area contributed by atoms with Gasteiger partial charge in [0.25, 0.3) is 0 Å². The lowest BCUT2D eigenvalue weighted by atomic mass is 10.2. The molecular formula is C10H18BrNO. The lowest BCUT2D eigenvalue weighted by Crippen LogP contribution is -2.31. The first-order chi connectivity index (χ1) is 6.43. The maximum atomic E-state index is 5.26. The van der Waals surface area contributed by atoms with E-state index in [1.807, 2.05) is 0 Å². The summed E-state index contributed by atoms with van der Waals surface area (Å²) in [4.78, 5) is 2.33. The van der Waals surface area contributed by atoms with Crippen molar-refractivity contribution < 1.29 is 4.74 Å². The first-order valence-corrected chi connectivity index (χ1v) is 6.10. The van der Waals surface area contributed by atoms with E-state index >= 15 is 0 Å². The van der Waals surface area contributed by atoms with Gasteiger partial charge in [0.2, 0.25) is 0 Å². The average molecular weight is 248 g/mol. The highest BCUT2D eigenvalue weighted by Gasteiger charge is 2.04. The fraction of sp³-hybridized carbons (Fsp3) is 0.800. The molecule has 0 aliphatic carbocycles. The van der Waals surface area contributed by atoms with Crippen LogP contribution in [0.2, 0.25) is 0 Å². The van der Waals surface area contributed by atoms with Crippen LogP contribution in [0.5, 0.6) is 0 Å². The largest absolute Gasteiger partial charge is 0.378 e. The van der Waals surface area contributed by atoms with Crippen LogP contribution in [-0.2, 0) is 4.74 Å². The fourth-order valence-electron chi connectivity index (χ4n) is 1.31. The monoisotopic (exact) mass is 247 g/mol. The summed E-state index contributed by atoms with van der Waals surface area (Å²) >= 11 is 3.43. The Morgan fingerprint density at radius 1 is 1.23 bits per heavy atom. The van der Waals surface area contributed by atoms with Crippen LogP contribution in [0.15, 0.2) is 12.3 Å². The van der Waals surface area contributed by atoms with Gasteiger partial charge in [-0.25, -0.2) is 0 Å². The molecule has 0 atom stereocenters. The van der Waals surface area contributed by atoms with E-state index in [-0.39, 0.29) is 0 Å². The molecule has 2 nitrogen and oxygen atoms in total. The van der Waals surface area contributed by atoms with Crippen LogP contribution in [0.3, 0.4) is 0 Å². The molecule has 1 fully saturated rings. The Bertz CT molecular complexity index is 144. The number of ether oxygens (including phenoxy) is 1. The third-order valence-electron chi connectivity index (χ3n) is 2.12. The molecule has 3 heteroatoms. The number of hydrogen-bond acceptors (Lipinski definition) is 2. The van der Waals surface area contributed by atoms with Crippen LogP contribution in [0.25, 0.3) is 0 Å². The minimum atomic E-state index is 0.881. The summed E-state index contributed by atoms with van der Waals surface area (Å²) in [5.41, 5.74) is 0. The summed E-state index contributed by atoms with van der Waals surface area (Å²) < 4.78 is 5.26. The normalized spacial score (nSPS) is 18.4. The smallest absolute Gasteiger partial charge is 0.0642 e. The molecule has 0 amide bonds. The lowest BCUT2D eigenvalue weighted by molar-refractivity contribution is 0.0593. The molecule has 0 aromatic carbocycles. The average Bonchev–Trinajstić information content (AvgIpc) is 2.19. The second-order valence-corrected chi connectivity index (χ2v) is 4.01. The summed E-state index contributed by atoms with van der Waals surface area (Å²) in [6, 6.07) is 0. The van der Waals surface area contributed by atoms with Crippen molar-refractivity contribution in [1.82, 2.24) is 4.90 Å². The zero-order valence-electron chi connectivity index (χ0n) is 8.04. The number of rotatable bonds is 5. The maximum absolute atomic E-state index is 5.26. The Morgan fingerprint density at radius 3 is 2.69 bits per heavy atom. The second kappa shape index (κ2) is 7.39. The molecule has 0 unspecified atom stereocenters. The van der Waals surface area contributed by atoms with E-state index in [0.29, 0.717) is 0 Å². The van der Waals surface area contributed by atoms with Gasteiger partial charge in [-0.15, -0.1) is 0 Å². The van der Waals surface area contributed by atoms with Gasteiger partial charge in [0.1, 0.15) is 0 Å². The molecule has 0 spiro atoms. The van der Waals surface area contributed by atoms with E-state index in [4.69, 9.17) is 4.74 Å². The van der Waals surface area contributed by atoms with Crippen molar-refractivity contribution in [2.24, 2.45) is 0 Å². The Balaban J connectivity index is 2.01. The SMILES string of the molecule is BrCCCC/C=C/N1CCOCC1. The van der Waals surface area contributed by atoms with E-state index in [9.17, 15) is 0 Å². The number of unbranched alkanes of at least 4 members (excludes halogenated alkanes) is 2. The Kier molecular flexibility index (Phi) is 6.29. The van der Waals surface area contributed by atoms with Gasteiger partial charge in [-0.05, 0) is 25.5 Å². The summed E-state index contributed by atoms with van der Waals surface area (Å²) in [6.45, 7) is 3.86. The predicted octanol–water partition coefficient (Wildman–Crippen LogP) is 2.40. The van der Waals surface area contributed by atoms with E-state index in [2.05, 4.69) is 33.1 Å². The van der Waals surface area contributed by atoms with Gasteiger partial charge in [-0.2, -0.15) is 0 Å². The van der Waals surface area contributed by atoms with Gasteiger partial charge in [-0.1, -0.05) is 22.0 Å².